The third-order valence-corrected chi connectivity index (χ3v) is 3.15. The molecule has 4 heteroatoms. The normalized spacial score (nSPS) is 10.8. The predicted octanol–water partition coefficient (Wildman–Crippen LogP) is 3.20. The number of halogens is 1. The fraction of sp³-hybridized carbons (Fsp3) is 0.357. The Hall–Kier alpha value is -1.32. The summed E-state index contributed by atoms with van der Waals surface area (Å²) >= 11 is 6.35. The second kappa shape index (κ2) is 6.03. The zero-order valence-corrected chi connectivity index (χ0v) is 11.5. The van der Waals surface area contributed by atoms with Gasteiger partial charge in [0, 0.05) is 25.4 Å². The summed E-state index contributed by atoms with van der Waals surface area (Å²) in [6.45, 7) is 2.97. The van der Waals surface area contributed by atoms with Gasteiger partial charge in [-0.3, -0.25) is 0 Å². The van der Waals surface area contributed by atoms with Crippen LogP contribution in [0.2, 0.25) is 5.02 Å². The lowest BCUT2D eigenvalue weighted by Crippen LogP contribution is -2.06. The molecule has 0 amide bonds. The van der Waals surface area contributed by atoms with Crippen LogP contribution in [0, 0.1) is 0 Å². The van der Waals surface area contributed by atoms with E-state index in [0.29, 0.717) is 0 Å². The molecule has 0 aliphatic rings. The maximum Gasteiger partial charge on any atom is 0.113 e. The average molecular weight is 264 g/mol. The highest BCUT2D eigenvalue weighted by Crippen LogP contribution is 2.23. The lowest BCUT2D eigenvalue weighted by Gasteiger charge is -2.10. The maximum absolute atomic E-state index is 6.35. The molecule has 2 rings (SSSR count). The maximum atomic E-state index is 6.35. The molecule has 0 spiro atoms. The Labute approximate surface area is 113 Å². The molecule has 1 aromatic carbocycles. The van der Waals surface area contributed by atoms with Crippen LogP contribution >= 0.6 is 11.6 Å². The largest absolute Gasteiger partial charge is 0.316 e. The number of aryl methyl sites for hydroxylation is 1. The van der Waals surface area contributed by atoms with Crippen molar-refractivity contribution in [3.8, 4) is 5.69 Å². The summed E-state index contributed by atoms with van der Waals surface area (Å²) in [6, 6.07) is 6.15. The summed E-state index contributed by atoms with van der Waals surface area (Å²) in [4.78, 5) is 4.37. The van der Waals surface area contributed by atoms with Gasteiger partial charge in [0.2, 0.25) is 0 Å². The van der Waals surface area contributed by atoms with Gasteiger partial charge >= 0.3 is 0 Å². The molecule has 0 aliphatic carbocycles. The lowest BCUT2D eigenvalue weighted by molar-refractivity contribution is 0.804. The van der Waals surface area contributed by atoms with Crippen molar-refractivity contribution in [2.45, 2.75) is 26.3 Å². The molecule has 1 N–H and O–H groups in total. The van der Waals surface area contributed by atoms with Crippen molar-refractivity contribution in [3.63, 3.8) is 0 Å². The number of nitrogens with one attached hydrogen (secondary N) is 1. The summed E-state index contributed by atoms with van der Waals surface area (Å²) in [7, 11) is 1.93. The molecule has 0 radical (unpaired) electrons. The van der Waals surface area contributed by atoms with Crippen molar-refractivity contribution in [2.75, 3.05) is 7.05 Å². The Balaban J connectivity index is 2.35. The van der Waals surface area contributed by atoms with Gasteiger partial charge in [-0.2, -0.15) is 0 Å². The molecule has 96 valence electrons. The molecule has 2 aromatic rings. The van der Waals surface area contributed by atoms with Crippen LogP contribution in [0.4, 0.5) is 0 Å². The highest BCUT2D eigenvalue weighted by Gasteiger charge is 2.08. The van der Waals surface area contributed by atoms with Crippen LogP contribution in [0.5, 0.6) is 0 Å². The first-order valence-electron chi connectivity index (χ1n) is 6.22. The van der Waals surface area contributed by atoms with Gasteiger partial charge < -0.3 is 9.88 Å². The molecule has 18 heavy (non-hydrogen) atoms. The highest BCUT2D eigenvalue weighted by molar-refractivity contribution is 6.32. The van der Waals surface area contributed by atoms with Crippen LogP contribution in [-0.2, 0) is 13.0 Å². The molecule has 3 nitrogen and oxygen atoms in total. The molecule has 0 unspecified atom stereocenters. The van der Waals surface area contributed by atoms with Crippen molar-refractivity contribution < 1.29 is 0 Å². The summed E-state index contributed by atoms with van der Waals surface area (Å²) in [6.07, 6.45) is 5.82. The van der Waals surface area contributed by atoms with Crippen molar-refractivity contribution in [1.82, 2.24) is 14.9 Å². The van der Waals surface area contributed by atoms with Crippen molar-refractivity contribution in [3.05, 3.63) is 47.0 Å². The zero-order chi connectivity index (χ0) is 13.0. The van der Waals surface area contributed by atoms with Crippen LogP contribution in [-0.4, -0.2) is 16.6 Å². The Bertz CT molecular complexity index is 520. The van der Waals surface area contributed by atoms with Gasteiger partial charge in [-0.15, -0.1) is 0 Å². The highest BCUT2D eigenvalue weighted by atomic mass is 35.5. The Morgan fingerprint density at radius 1 is 1.39 bits per heavy atom. The molecule has 1 heterocycles. The van der Waals surface area contributed by atoms with E-state index in [1.807, 2.05) is 25.5 Å². The molecule has 0 saturated heterocycles. The third-order valence-electron chi connectivity index (χ3n) is 2.84. The molecule has 0 saturated carbocycles. The summed E-state index contributed by atoms with van der Waals surface area (Å²) in [5.41, 5.74) is 2.18. The fourth-order valence-corrected chi connectivity index (χ4v) is 2.32. The number of hydrogen-bond acceptors (Lipinski definition) is 2. The average Bonchev–Trinajstić information content (AvgIpc) is 2.78. The van der Waals surface area contributed by atoms with Gasteiger partial charge in [-0.05, 0) is 31.2 Å². The van der Waals surface area contributed by atoms with Gasteiger partial charge in [0.15, 0.2) is 0 Å². The van der Waals surface area contributed by atoms with Crippen molar-refractivity contribution in [1.29, 1.82) is 0 Å². The molecule has 0 aliphatic heterocycles. The van der Waals surface area contributed by atoms with E-state index in [1.165, 1.54) is 5.56 Å². The smallest absolute Gasteiger partial charge is 0.113 e. The monoisotopic (exact) mass is 263 g/mol. The van der Waals surface area contributed by atoms with Crippen LogP contribution in [0.3, 0.4) is 0 Å². The minimum atomic E-state index is 0.762. The summed E-state index contributed by atoms with van der Waals surface area (Å²) in [5.74, 6) is 1.06. The third kappa shape index (κ3) is 2.74. The van der Waals surface area contributed by atoms with E-state index < -0.39 is 0 Å². The van der Waals surface area contributed by atoms with Gasteiger partial charge in [-0.25, -0.2) is 4.98 Å². The summed E-state index contributed by atoms with van der Waals surface area (Å²) in [5, 5.41) is 3.88. The van der Waals surface area contributed by atoms with E-state index >= 15 is 0 Å². The predicted molar refractivity (Wildman–Crippen MR) is 75.3 cm³/mol. The minimum Gasteiger partial charge on any atom is -0.316 e. The van der Waals surface area contributed by atoms with Gasteiger partial charge in [0.1, 0.15) is 5.82 Å². The minimum absolute atomic E-state index is 0.762. The lowest BCUT2D eigenvalue weighted by atomic mass is 10.2. The quantitative estimate of drug-likeness (QED) is 0.898. The molecular formula is C14H18ClN3. The van der Waals surface area contributed by atoms with E-state index in [2.05, 4.69) is 33.9 Å². The Kier molecular flexibility index (Phi) is 4.39. The van der Waals surface area contributed by atoms with Crippen LogP contribution < -0.4 is 5.32 Å². The van der Waals surface area contributed by atoms with Gasteiger partial charge in [0.05, 0.1) is 10.7 Å². The first kappa shape index (κ1) is 13.1. The van der Waals surface area contributed by atoms with E-state index in [0.717, 1.165) is 35.9 Å². The summed E-state index contributed by atoms with van der Waals surface area (Å²) < 4.78 is 2.06. The first-order chi connectivity index (χ1) is 8.76. The molecule has 1 aromatic heterocycles. The molecule has 0 fully saturated rings. The number of nitrogens with zero attached hydrogens (tertiary/aromatic N) is 2. The molecule has 0 bridgehead atoms. The number of rotatable bonds is 5. The number of hydrogen-bond donors (Lipinski definition) is 1. The van der Waals surface area contributed by atoms with Crippen LogP contribution in [0.1, 0.15) is 24.7 Å². The first-order valence-corrected chi connectivity index (χ1v) is 6.59. The van der Waals surface area contributed by atoms with Crippen molar-refractivity contribution >= 4 is 11.6 Å². The Morgan fingerprint density at radius 3 is 2.89 bits per heavy atom. The van der Waals surface area contributed by atoms with Gasteiger partial charge in [0.25, 0.3) is 0 Å². The van der Waals surface area contributed by atoms with Crippen LogP contribution in [0.15, 0.2) is 30.6 Å². The van der Waals surface area contributed by atoms with Crippen molar-refractivity contribution in [2.24, 2.45) is 0 Å². The second-order valence-electron chi connectivity index (χ2n) is 4.28. The van der Waals surface area contributed by atoms with Crippen LogP contribution in [0.25, 0.3) is 5.69 Å². The topological polar surface area (TPSA) is 29.9 Å². The fourth-order valence-electron chi connectivity index (χ4n) is 2.02. The van der Waals surface area contributed by atoms with E-state index in [1.54, 1.807) is 0 Å². The standard InChI is InChI=1S/C14H18ClN3/c1-3-4-14-17-7-8-18(14)13-6-5-11(10-16-2)9-12(13)15/h5-9,16H,3-4,10H2,1-2H3. The van der Waals surface area contributed by atoms with E-state index in [9.17, 15) is 0 Å². The number of aromatic nitrogens is 2. The zero-order valence-electron chi connectivity index (χ0n) is 10.8. The van der Waals surface area contributed by atoms with E-state index in [-0.39, 0.29) is 0 Å². The molecule has 0 atom stereocenters. The molecular weight excluding hydrogens is 246 g/mol. The van der Waals surface area contributed by atoms with Gasteiger partial charge in [-0.1, -0.05) is 24.6 Å². The number of benzene rings is 1. The SMILES string of the molecule is CCCc1nccn1-c1ccc(CNC)cc1Cl. The Morgan fingerprint density at radius 2 is 2.22 bits per heavy atom. The second-order valence-corrected chi connectivity index (χ2v) is 4.69. The van der Waals surface area contributed by atoms with E-state index in [4.69, 9.17) is 11.6 Å². The number of imidazole rings is 1.